The molecular weight excluding hydrogens is 236 g/mol. The van der Waals surface area contributed by atoms with E-state index in [9.17, 15) is 0 Å². The zero-order valence-electron chi connectivity index (χ0n) is 10.6. The van der Waals surface area contributed by atoms with Gasteiger partial charge < -0.3 is 19.5 Å². The molecule has 0 bridgehead atoms. The third kappa shape index (κ3) is 2.41. The lowest BCUT2D eigenvalue weighted by molar-refractivity contribution is 0.156. The van der Waals surface area contributed by atoms with E-state index in [4.69, 9.17) is 19.5 Å². The Labute approximate surface area is 104 Å². The van der Waals surface area contributed by atoms with E-state index in [0.717, 1.165) is 0 Å². The molecule has 0 amide bonds. The van der Waals surface area contributed by atoms with Crippen LogP contribution in [-0.4, -0.2) is 22.4 Å². The van der Waals surface area contributed by atoms with Crippen LogP contribution in [0.3, 0.4) is 0 Å². The number of hydrogen-bond acceptors (Lipinski definition) is 7. The maximum absolute atomic E-state index is 6.03. The number of hydrogen-bond donors (Lipinski definition) is 1. The SMILES string of the molecule is CCC(C)(N)c1noc(-c2cc(COC)on2)n1. The van der Waals surface area contributed by atoms with Gasteiger partial charge in [0.1, 0.15) is 6.61 Å². The van der Waals surface area contributed by atoms with E-state index in [0.29, 0.717) is 36.2 Å². The highest BCUT2D eigenvalue weighted by molar-refractivity contribution is 5.45. The minimum Gasteiger partial charge on any atom is -0.377 e. The molecule has 0 aliphatic carbocycles. The highest BCUT2D eigenvalue weighted by atomic mass is 16.5. The first-order valence-electron chi connectivity index (χ1n) is 5.64. The second-order valence-electron chi connectivity index (χ2n) is 4.31. The Bertz CT molecular complexity index is 518. The molecule has 2 N–H and O–H groups in total. The van der Waals surface area contributed by atoms with Crippen LogP contribution in [0, 0.1) is 0 Å². The van der Waals surface area contributed by atoms with Crippen molar-refractivity contribution >= 4 is 0 Å². The molecule has 2 aromatic rings. The summed E-state index contributed by atoms with van der Waals surface area (Å²) in [5.74, 6) is 1.34. The highest BCUT2D eigenvalue weighted by Gasteiger charge is 2.26. The molecule has 7 nitrogen and oxygen atoms in total. The van der Waals surface area contributed by atoms with E-state index in [-0.39, 0.29) is 0 Å². The van der Waals surface area contributed by atoms with Crippen LogP contribution in [0.5, 0.6) is 0 Å². The summed E-state index contributed by atoms with van der Waals surface area (Å²) in [6, 6.07) is 1.70. The molecule has 7 heteroatoms. The normalized spacial score (nSPS) is 14.7. The monoisotopic (exact) mass is 252 g/mol. The number of ether oxygens (including phenoxy) is 1. The molecule has 0 aliphatic heterocycles. The molecule has 0 radical (unpaired) electrons. The zero-order valence-corrected chi connectivity index (χ0v) is 10.6. The fourth-order valence-electron chi connectivity index (χ4n) is 1.34. The molecule has 0 saturated carbocycles. The molecule has 2 heterocycles. The molecule has 0 aliphatic rings. The van der Waals surface area contributed by atoms with Crippen molar-refractivity contribution in [1.29, 1.82) is 0 Å². The van der Waals surface area contributed by atoms with Crippen LogP contribution in [0.25, 0.3) is 11.6 Å². The average molecular weight is 252 g/mol. The van der Waals surface area contributed by atoms with E-state index in [1.54, 1.807) is 13.2 Å². The van der Waals surface area contributed by atoms with Crippen LogP contribution in [0.15, 0.2) is 15.1 Å². The topological polar surface area (TPSA) is 100 Å². The van der Waals surface area contributed by atoms with E-state index < -0.39 is 5.54 Å². The Balaban J connectivity index is 2.23. The molecule has 0 saturated heterocycles. The van der Waals surface area contributed by atoms with Crippen LogP contribution in [0.1, 0.15) is 31.9 Å². The van der Waals surface area contributed by atoms with Crippen molar-refractivity contribution in [2.45, 2.75) is 32.4 Å². The summed E-state index contributed by atoms with van der Waals surface area (Å²) in [6.45, 7) is 4.15. The minimum absolute atomic E-state index is 0.293. The second kappa shape index (κ2) is 4.87. The lowest BCUT2D eigenvalue weighted by Gasteiger charge is -2.16. The predicted octanol–water partition coefficient (Wildman–Crippen LogP) is 1.45. The van der Waals surface area contributed by atoms with E-state index in [1.807, 2.05) is 13.8 Å². The quantitative estimate of drug-likeness (QED) is 0.859. The average Bonchev–Trinajstić information content (AvgIpc) is 2.97. The smallest absolute Gasteiger partial charge is 0.280 e. The summed E-state index contributed by atoms with van der Waals surface area (Å²) in [6.07, 6.45) is 0.708. The van der Waals surface area contributed by atoms with Gasteiger partial charge in [-0.25, -0.2) is 0 Å². The van der Waals surface area contributed by atoms with Gasteiger partial charge in [-0.1, -0.05) is 17.2 Å². The molecular formula is C11H16N4O3. The van der Waals surface area contributed by atoms with Crippen molar-refractivity contribution in [1.82, 2.24) is 15.3 Å². The number of rotatable bonds is 5. The molecule has 1 atom stereocenters. The molecule has 2 rings (SSSR count). The van der Waals surface area contributed by atoms with Crippen molar-refractivity contribution < 1.29 is 13.8 Å². The summed E-state index contributed by atoms with van der Waals surface area (Å²) in [4.78, 5) is 4.23. The molecule has 1 unspecified atom stereocenters. The van der Waals surface area contributed by atoms with Crippen molar-refractivity contribution in [3.63, 3.8) is 0 Å². The van der Waals surface area contributed by atoms with E-state index in [2.05, 4.69) is 15.3 Å². The van der Waals surface area contributed by atoms with Crippen molar-refractivity contribution in [2.75, 3.05) is 7.11 Å². The van der Waals surface area contributed by atoms with Crippen molar-refractivity contribution in [3.05, 3.63) is 17.7 Å². The minimum atomic E-state index is -0.610. The lowest BCUT2D eigenvalue weighted by atomic mass is 10.0. The summed E-state index contributed by atoms with van der Waals surface area (Å²) in [7, 11) is 1.58. The maximum atomic E-state index is 6.03. The van der Waals surface area contributed by atoms with Crippen molar-refractivity contribution in [2.24, 2.45) is 5.73 Å². The highest BCUT2D eigenvalue weighted by Crippen LogP contribution is 2.22. The molecule has 2 aromatic heterocycles. The maximum Gasteiger partial charge on any atom is 0.280 e. The van der Waals surface area contributed by atoms with Crippen LogP contribution < -0.4 is 5.73 Å². The van der Waals surface area contributed by atoms with Gasteiger partial charge in [0.25, 0.3) is 5.89 Å². The first-order chi connectivity index (χ1) is 8.56. The summed E-state index contributed by atoms with van der Waals surface area (Å²) < 4.78 is 15.1. The first-order valence-corrected chi connectivity index (χ1v) is 5.64. The fraction of sp³-hybridized carbons (Fsp3) is 0.545. The summed E-state index contributed by atoms with van der Waals surface area (Å²) in [5, 5.41) is 7.70. The third-order valence-corrected chi connectivity index (χ3v) is 2.74. The van der Waals surface area contributed by atoms with Crippen LogP contribution in [-0.2, 0) is 16.9 Å². The van der Waals surface area contributed by atoms with Crippen LogP contribution >= 0.6 is 0 Å². The Kier molecular flexibility index (Phi) is 3.44. The third-order valence-electron chi connectivity index (χ3n) is 2.74. The molecule has 18 heavy (non-hydrogen) atoms. The van der Waals surface area contributed by atoms with Gasteiger partial charge in [-0.3, -0.25) is 0 Å². The number of nitrogens with zero attached hydrogens (tertiary/aromatic N) is 3. The Morgan fingerprint density at radius 1 is 1.39 bits per heavy atom. The van der Waals surface area contributed by atoms with Gasteiger partial charge in [0.2, 0.25) is 0 Å². The second-order valence-corrected chi connectivity index (χ2v) is 4.31. The molecule has 0 spiro atoms. The van der Waals surface area contributed by atoms with Gasteiger partial charge in [0, 0.05) is 13.2 Å². The molecule has 0 fully saturated rings. The first kappa shape index (κ1) is 12.7. The zero-order chi connectivity index (χ0) is 13.2. The standard InChI is InChI=1S/C11H16N4O3/c1-4-11(2,12)10-13-9(18-15-10)8-5-7(6-16-3)17-14-8/h5H,4,6,12H2,1-3H3. The molecule has 98 valence electrons. The van der Waals surface area contributed by atoms with Gasteiger partial charge in [-0.05, 0) is 13.3 Å². The predicted molar refractivity (Wildman–Crippen MR) is 62.3 cm³/mol. The Morgan fingerprint density at radius 3 is 2.83 bits per heavy atom. The van der Waals surface area contributed by atoms with Gasteiger partial charge in [-0.2, -0.15) is 4.98 Å². The molecule has 0 aromatic carbocycles. The number of methoxy groups -OCH3 is 1. The van der Waals surface area contributed by atoms with Crippen LogP contribution in [0.4, 0.5) is 0 Å². The summed E-state index contributed by atoms with van der Waals surface area (Å²) >= 11 is 0. The van der Waals surface area contributed by atoms with Crippen molar-refractivity contribution in [3.8, 4) is 11.6 Å². The van der Waals surface area contributed by atoms with Gasteiger partial charge in [0.05, 0.1) is 5.54 Å². The Morgan fingerprint density at radius 2 is 2.17 bits per heavy atom. The van der Waals surface area contributed by atoms with E-state index >= 15 is 0 Å². The van der Waals surface area contributed by atoms with Gasteiger partial charge in [0.15, 0.2) is 17.3 Å². The Hall–Kier alpha value is -1.73. The van der Waals surface area contributed by atoms with Crippen LogP contribution in [0.2, 0.25) is 0 Å². The van der Waals surface area contributed by atoms with Gasteiger partial charge >= 0.3 is 0 Å². The fourth-order valence-corrected chi connectivity index (χ4v) is 1.34. The lowest BCUT2D eigenvalue weighted by Crippen LogP contribution is -2.33. The summed E-state index contributed by atoms with van der Waals surface area (Å²) in [5.41, 5.74) is 5.90. The van der Waals surface area contributed by atoms with Gasteiger partial charge in [-0.15, -0.1) is 0 Å². The number of aromatic nitrogens is 3. The van der Waals surface area contributed by atoms with E-state index in [1.165, 1.54) is 0 Å². The number of nitrogens with two attached hydrogens (primary N) is 1. The largest absolute Gasteiger partial charge is 0.377 e.